The summed E-state index contributed by atoms with van der Waals surface area (Å²) < 4.78 is 0. The van der Waals surface area contributed by atoms with Crippen molar-refractivity contribution in [1.29, 1.82) is 0 Å². The van der Waals surface area contributed by atoms with E-state index in [1.54, 1.807) is 20.1 Å². The van der Waals surface area contributed by atoms with Gasteiger partial charge in [0.25, 0.3) is 0 Å². The molecule has 4 heterocycles. The summed E-state index contributed by atoms with van der Waals surface area (Å²) in [6.45, 7) is 3.71. The fourth-order valence-electron chi connectivity index (χ4n) is 11.8. The summed E-state index contributed by atoms with van der Waals surface area (Å²) in [5.41, 5.74) is 12.8. The molecule has 0 radical (unpaired) electrons. The molecular weight excluding hydrogens is 1330 g/mol. The Labute approximate surface area is 581 Å². The average Bonchev–Trinajstić information content (AvgIpc) is 1.70. The summed E-state index contributed by atoms with van der Waals surface area (Å²) in [6, 6.07) is -5.43. The van der Waals surface area contributed by atoms with E-state index in [0.29, 0.717) is 36.1 Å². The Morgan fingerprint density at radius 2 is 1.09 bits per heavy atom. The van der Waals surface area contributed by atoms with Gasteiger partial charge in [-0.05, 0) is 118 Å². The molecule has 35 heteroatoms. The number of rotatable bonds is 36. The second-order valence-corrected chi connectivity index (χ2v) is 26.4. The van der Waals surface area contributed by atoms with Gasteiger partial charge in [0, 0.05) is 56.5 Å². The second-order valence-electron chi connectivity index (χ2n) is 25.0. The van der Waals surface area contributed by atoms with Crippen LogP contribution in [0.15, 0.2) is 61.1 Å². The van der Waals surface area contributed by atoms with Gasteiger partial charge < -0.3 is 99.2 Å². The molecule has 33 nitrogen and oxygen atoms in total. The van der Waals surface area contributed by atoms with Gasteiger partial charge in [-0.25, -0.2) is 9.78 Å². The van der Waals surface area contributed by atoms with Crippen molar-refractivity contribution in [3.05, 3.63) is 77.9 Å². The maximum absolute atomic E-state index is 14.8. The number of hydrogen-bond donors (Lipinski definition) is 17. The smallest absolute Gasteiger partial charge is 0.326 e. The zero-order chi connectivity index (χ0) is 72.8. The molecule has 3 fully saturated rings. The number of carbonyl (C=O) groups excluding carboxylic acids is 12. The molecule has 12 amide bonds. The van der Waals surface area contributed by atoms with E-state index in [-0.39, 0.29) is 94.7 Å². The average molecular weight is 1420 g/mol. The molecule has 3 aliphatic heterocycles. The number of thiol groups is 1. The zero-order valence-corrected chi connectivity index (χ0v) is 57.1. The van der Waals surface area contributed by atoms with E-state index in [9.17, 15) is 87.9 Å². The lowest BCUT2D eigenvalue weighted by Crippen LogP contribution is -2.62. The topological polar surface area (TPSA) is 510 Å². The largest absolute Gasteiger partial charge is 0.508 e. The molecule has 3 aromatic rings. The number of imidazole rings is 1. The molecular formula is C64H91N15O18S2. The third-order valence-corrected chi connectivity index (χ3v) is 18.3. The van der Waals surface area contributed by atoms with Crippen LogP contribution < -0.4 is 54.0 Å². The number of amides is 12. The number of carboxylic acid groups (broad SMARTS) is 1. The van der Waals surface area contributed by atoms with Crippen LogP contribution in [0.5, 0.6) is 11.5 Å². The molecule has 3 aliphatic rings. The van der Waals surface area contributed by atoms with Gasteiger partial charge in [-0.1, -0.05) is 38.1 Å². The number of benzene rings is 2. The standard InChI is InChI=1S/C64H91N15O18S2/c1-33(2)51(64(96)97)75-59(91)48-9-6-23-78(48)63(95)49-10-7-24-79(49)62(94)44(28-37-29-67-32-68-37)72-58(90)47-8-5-22-77(47)61(93)42(21-25-99-4)70-60(92)52(34(3)81)76-55(87)43(27-36-13-17-39(83)18-14-36)71-56(88)45(30-80)73-57(89)46(31-98)74-54(86)41(19-20-50(66)84)69-53(85)40(65)26-35-11-15-38(82)16-12-35/h11-18,29,32-34,40-49,51-52,80-83,98H,5-10,19-28,30-31,65H2,1-4H3,(H2,66,84)(H,67,68)(H,69,85)(H,70,92)(H,71,88)(H,72,90)(H,73,89)(H,74,86)(H,75,91)(H,76,87)(H,96,97)/t34-,40+,41+,42+,43+,44+,45+,46+,47+,48+,49+,51+,52+/m1/s1. The van der Waals surface area contributed by atoms with E-state index in [1.807, 2.05) is 0 Å². The number of phenolic OH excluding ortho intramolecular Hbond substituents is 2. The Bertz CT molecular complexity index is 3330. The van der Waals surface area contributed by atoms with Gasteiger partial charge in [0.15, 0.2) is 0 Å². The molecule has 0 saturated carbocycles. The van der Waals surface area contributed by atoms with Crippen molar-refractivity contribution in [1.82, 2.24) is 67.2 Å². The number of aliphatic hydroxyl groups is 2. The number of aliphatic carboxylic acids is 1. The first-order valence-corrected chi connectivity index (χ1v) is 34.6. The van der Waals surface area contributed by atoms with Crippen molar-refractivity contribution in [2.24, 2.45) is 17.4 Å². The first-order chi connectivity index (χ1) is 47.0. The van der Waals surface area contributed by atoms with E-state index < -0.39 is 174 Å². The Hall–Kier alpha value is -9.06. The van der Waals surface area contributed by atoms with Crippen LogP contribution in [0, 0.1) is 5.92 Å². The number of H-pyrrole nitrogens is 1. The van der Waals surface area contributed by atoms with Gasteiger partial charge >= 0.3 is 5.97 Å². The number of carbonyl (C=O) groups is 13. The van der Waals surface area contributed by atoms with E-state index in [4.69, 9.17) is 11.5 Å². The number of aromatic amines is 1. The van der Waals surface area contributed by atoms with Crippen LogP contribution in [0.4, 0.5) is 0 Å². The van der Waals surface area contributed by atoms with Gasteiger partial charge in [0.2, 0.25) is 70.9 Å². The number of nitrogens with two attached hydrogens (primary N) is 2. The van der Waals surface area contributed by atoms with Gasteiger partial charge in [0.05, 0.1) is 25.1 Å². The van der Waals surface area contributed by atoms with Gasteiger partial charge in [0.1, 0.15) is 78.0 Å². The van der Waals surface area contributed by atoms with E-state index >= 15 is 0 Å². The van der Waals surface area contributed by atoms with Gasteiger partial charge in [-0.15, -0.1) is 0 Å². The number of aromatic nitrogens is 2. The molecule has 542 valence electrons. The Kier molecular flexibility index (Phi) is 30.1. The summed E-state index contributed by atoms with van der Waals surface area (Å²) in [4.78, 5) is 190. The lowest BCUT2D eigenvalue weighted by atomic mass is 10.0. The summed E-state index contributed by atoms with van der Waals surface area (Å²) in [7, 11) is 0. The predicted octanol–water partition coefficient (Wildman–Crippen LogP) is -3.91. The number of aliphatic hydroxyl groups excluding tert-OH is 2. The Balaban J connectivity index is 1.14. The number of carboxylic acids is 1. The fraction of sp³-hybridized carbons (Fsp3) is 0.562. The van der Waals surface area contributed by atoms with Crippen molar-refractivity contribution in [3.8, 4) is 11.5 Å². The Morgan fingerprint density at radius 3 is 1.64 bits per heavy atom. The molecule has 2 aromatic carbocycles. The minimum Gasteiger partial charge on any atom is -0.508 e. The highest BCUT2D eigenvalue weighted by Crippen LogP contribution is 2.28. The van der Waals surface area contributed by atoms with Crippen molar-refractivity contribution in [3.63, 3.8) is 0 Å². The molecule has 0 aliphatic carbocycles. The van der Waals surface area contributed by atoms with Crippen LogP contribution in [-0.4, -0.2) is 250 Å². The maximum Gasteiger partial charge on any atom is 0.326 e. The first kappa shape index (κ1) is 78.9. The Morgan fingerprint density at radius 1 is 0.596 bits per heavy atom. The predicted molar refractivity (Wildman–Crippen MR) is 360 cm³/mol. The van der Waals surface area contributed by atoms with Crippen molar-refractivity contribution in [2.45, 2.75) is 176 Å². The molecule has 0 unspecified atom stereocenters. The van der Waals surface area contributed by atoms with Crippen LogP contribution in [0.1, 0.15) is 95.4 Å². The molecule has 3 saturated heterocycles. The molecule has 1 aromatic heterocycles. The highest BCUT2D eigenvalue weighted by atomic mass is 32.2. The number of aromatic hydroxyl groups is 2. The van der Waals surface area contributed by atoms with Crippen LogP contribution in [0.2, 0.25) is 0 Å². The highest BCUT2D eigenvalue weighted by molar-refractivity contribution is 7.98. The van der Waals surface area contributed by atoms with E-state index in [0.717, 1.165) is 0 Å². The van der Waals surface area contributed by atoms with Crippen LogP contribution in [0.25, 0.3) is 0 Å². The summed E-state index contributed by atoms with van der Waals surface area (Å²) in [5, 5.41) is 71.1. The van der Waals surface area contributed by atoms with Gasteiger partial charge in [-0.3, -0.25) is 57.5 Å². The highest BCUT2D eigenvalue weighted by Gasteiger charge is 2.46. The summed E-state index contributed by atoms with van der Waals surface area (Å²) in [6.07, 6.45) is 3.49. The third-order valence-electron chi connectivity index (χ3n) is 17.3. The zero-order valence-electron chi connectivity index (χ0n) is 55.4. The summed E-state index contributed by atoms with van der Waals surface area (Å²) >= 11 is 5.50. The number of hydrogen-bond acceptors (Lipinski definition) is 21. The van der Waals surface area contributed by atoms with Crippen molar-refractivity contribution in [2.75, 3.05) is 44.0 Å². The minimum atomic E-state index is -1.84. The summed E-state index contributed by atoms with van der Waals surface area (Å²) in [5.74, 6) is -12.2. The fourth-order valence-corrected chi connectivity index (χ4v) is 12.6. The number of thioether (sulfide) groups is 1. The normalized spacial score (nSPS) is 19.0. The molecule has 6 rings (SSSR count). The van der Waals surface area contributed by atoms with Crippen molar-refractivity contribution >= 4 is 101 Å². The van der Waals surface area contributed by atoms with Gasteiger partial charge in [-0.2, -0.15) is 24.4 Å². The second kappa shape index (κ2) is 37.8. The molecule has 13 atom stereocenters. The lowest BCUT2D eigenvalue weighted by Gasteiger charge is -2.34. The van der Waals surface area contributed by atoms with Crippen LogP contribution in [-0.2, 0) is 81.6 Å². The SMILES string of the molecule is CSCC[C@H](NC(=O)[C@@H](NC(=O)[C@H](Cc1ccc(O)cc1)NC(=O)[C@H](CO)NC(=O)[C@H](CS)NC(=O)[C@H](CCC(N)=O)NC(=O)[C@@H](N)Cc1ccc(O)cc1)[C@@H](C)O)C(=O)N1CCC[C@H]1C(=O)N[C@@H](Cc1cnc[nH]1)C(=O)N1CCC[C@H]1C(=O)N1CCC[C@H]1C(=O)N[C@H](C(=O)O)C(C)C. The third kappa shape index (κ3) is 22.5. The van der Waals surface area contributed by atoms with Crippen LogP contribution in [0.3, 0.4) is 0 Å². The number of nitrogens with one attached hydrogen (secondary N) is 9. The molecule has 0 bridgehead atoms. The number of phenols is 2. The minimum absolute atomic E-state index is 0.0177. The number of likely N-dealkylation sites (tertiary alicyclic amines) is 3. The number of nitrogens with zero attached hydrogens (tertiary/aromatic N) is 4. The molecule has 0 spiro atoms. The quantitative estimate of drug-likeness (QED) is 0.0247. The van der Waals surface area contributed by atoms with E-state index in [1.165, 1.54) is 94.4 Å². The maximum atomic E-state index is 14.8. The van der Waals surface area contributed by atoms with Crippen LogP contribution >= 0.6 is 24.4 Å². The molecule has 99 heavy (non-hydrogen) atoms. The first-order valence-electron chi connectivity index (χ1n) is 32.6. The number of primary amides is 1. The van der Waals surface area contributed by atoms with Crippen molar-refractivity contribution < 1.29 is 87.9 Å². The molecule has 18 N–H and O–H groups in total. The van der Waals surface area contributed by atoms with E-state index in [2.05, 4.69) is 65.1 Å². The lowest BCUT2D eigenvalue weighted by molar-refractivity contribution is -0.149. The monoisotopic (exact) mass is 1420 g/mol.